The van der Waals surface area contributed by atoms with Crippen LogP contribution in [0.2, 0.25) is 0 Å². The Balaban J connectivity index is 2.09. The number of hydrogen-bond donors (Lipinski definition) is 1. The van der Waals surface area contributed by atoms with Gasteiger partial charge in [-0.1, -0.05) is 36.0 Å². The Hall–Kier alpha value is -2.01. The Morgan fingerprint density at radius 2 is 2.20 bits per heavy atom. The van der Waals surface area contributed by atoms with Crippen LogP contribution in [0.3, 0.4) is 0 Å². The summed E-state index contributed by atoms with van der Waals surface area (Å²) < 4.78 is 2.14. The first-order valence-corrected chi connectivity index (χ1v) is 7.57. The van der Waals surface area contributed by atoms with Gasteiger partial charge in [-0.05, 0) is 13.0 Å². The smallest absolute Gasteiger partial charge is 0.191 e. The Morgan fingerprint density at radius 1 is 1.35 bits per heavy atom. The van der Waals surface area contributed by atoms with E-state index in [1.807, 2.05) is 24.4 Å². The molecule has 0 amide bonds. The number of para-hydroxylation sites is 1. The quantitative estimate of drug-likeness (QED) is 0.573. The number of aromatic amines is 1. The number of rotatable bonds is 5. The first kappa shape index (κ1) is 13.0. The maximum Gasteiger partial charge on any atom is 0.191 e. The maximum atomic E-state index is 4.37. The van der Waals surface area contributed by atoms with E-state index in [1.54, 1.807) is 11.8 Å². The van der Waals surface area contributed by atoms with Gasteiger partial charge in [-0.3, -0.25) is 0 Å². The number of H-pyrrole nitrogens is 1. The third-order valence-corrected chi connectivity index (χ3v) is 4.16. The van der Waals surface area contributed by atoms with E-state index in [9.17, 15) is 0 Å². The van der Waals surface area contributed by atoms with Gasteiger partial charge in [0.05, 0.1) is 0 Å². The van der Waals surface area contributed by atoms with Gasteiger partial charge >= 0.3 is 0 Å². The fraction of sp³-hybridized carbons (Fsp3) is 0.200. The van der Waals surface area contributed by atoms with E-state index in [1.165, 1.54) is 5.39 Å². The van der Waals surface area contributed by atoms with Gasteiger partial charge in [0.15, 0.2) is 11.0 Å². The van der Waals surface area contributed by atoms with Gasteiger partial charge in [-0.2, -0.15) is 0 Å². The molecule has 1 aromatic carbocycles. The largest absolute Gasteiger partial charge is 0.360 e. The predicted octanol–water partition coefficient (Wildman–Crippen LogP) is 3.72. The van der Waals surface area contributed by atoms with E-state index in [-0.39, 0.29) is 0 Å². The summed E-state index contributed by atoms with van der Waals surface area (Å²) in [5.74, 6) is 1.75. The van der Waals surface area contributed by atoms with E-state index in [2.05, 4.69) is 45.4 Å². The SMILES string of the molecule is C=CCSc1nnc(-c2c[nH]c3ccccc23)n1CC. The van der Waals surface area contributed by atoms with E-state index in [4.69, 9.17) is 0 Å². The van der Waals surface area contributed by atoms with Crippen molar-refractivity contribution in [1.29, 1.82) is 0 Å². The van der Waals surface area contributed by atoms with Crippen LogP contribution in [0.1, 0.15) is 6.92 Å². The summed E-state index contributed by atoms with van der Waals surface area (Å²) in [5.41, 5.74) is 2.22. The predicted molar refractivity (Wildman–Crippen MR) is 83.9 cm³/mol. The highest BCUT2D eigenvalue weighted by atomic mass is 32.2. The second-order valence-corrected chi connectivity index (χ2v) is 5.39. The molecule has 2 aromatic heterocycles. The van der Waals surface area contributed by atoms with Crippen molar-refractivity contribution in [3.8, 4) is 11.4 Å². The number of nitrogens with zero attached hydrogens (tertiary/aromatic N) is 3. The monoisotopic (exact) mass is 284 g/mol. The lowest BCUT2D eigenvalue weighted by Crippen LogP contribution is -1.99. The number of aromatic nitrogens is 4. The average molecular weight is 284 g/mol. The topological polar surface area (TPSA) is 46.5 Å². The van der Waals surface area contributed by atoms with Gasteiger partial charge in [-0.25, -0.2) is 0 Å². The summed E-state index contributed by atoms with van der Waals surface area (Å²) in [5, 5.41) is 10.8. The molecule has 1 N–H and O–H groups in total. The highest BCUT2D eigenvalue weighted by Gasteiger charge is 2.15. The fourth-order valence-corrected chi connectivity index (χ4v) is 3.01. The van der Waals surface area contributed by atoms with Crippen LogP contribution in [0.5, 0.6) is 0 Å². The first-order valence-electron chi connectivity index (χ1n) is 6.58. The van der Waals surface area contributed by atoms with Crippen molar-refractivity contribution in [1.82, 2.24) is 19.7 Å². The van der Waals surface area contributed by atoms with Gasteiger partial charge in [0.2, 0.25) is 0 Å². The molecular formula is C15H16N4S. The minimum absolute atomic E-state index is 0.839. The van der Waals surface area contributed by atoms with Crippen molar-refractivity contribution in [2.75, 3.05) is 5.75 Å². The normalized spacial score (nSPS) is 11.1. The molecule has 20 heavy (non-hydrogen) atoms. The molecule has 2 heterocycles. The van der Waals surface area contributed by atoms with Gasteiger partial charge < -0.3 is 9.55 Å². The molecule has 5 heteroatoms. The van der Waals surface area contributed by atoms with E-state index in [0.29, 0.717) is 0 Å². The van der Waals surface area contributed by atoms with Crippen LogP contribution in [-0.4, -0.2) is 25.5 Å². The van der Waals surface area contributed by atoms with Crippen molar-refractivity contribution < 1.29 is 0 Å². The number of nitrogens with one attached hydrogen (secondary N) is 1. The third kappa shape index (κ3) is 2.14. The van der Waals surface area contributed by atoms with E-state index < -0.39 is 0 Å². The molecule has 0 saturated carbocycles. The van der Waals surface area contributed by atoms with Crippen molar-refractivity contribution >= 4 is 22.7 Å². The Kier molecular flexibility index (Phi) is 3.60. The highest BCUT2D eigenvalue weighted by molar-refractivity contribution is 7.99. The number of thioether (sulfide) groups is 1. The highest BCUT2D eigenvalue weighted by Crippen LogP contribution is 2.29. The van der Waals surface area contributed by atoms with Gasteiger partial charge in [0.25, 0.3) is 0 Å². The van der Waals surface area contributed by atoms with Crippen molar-refractivity contribution in [2.45, 2.75) is 18.6 Å². The van der Waals surface area contributed by atoms with Crippen LogP contribution in [0.4, 0.5) is 0 Å². The van der Waals surface area contributed by atoms with Crippen LogP contribution in [0.25, 0.3) is 22.3 Å². The molecule has 0 unspecified atom stereocenters. The molecule has 0 atom stereocenters. The summed E-state index contributed by atoms with van der Waals surface area (Å²) in [6.45, 7) is 6.70. The van der Waals surface area contributed by atoms with Crippen LogP contribution in [0.15, 0.2) is 48.3 Å². The summed E-state index contributed by atoms with van der Waals surface area (Å²) in [6, 6.07) is 8.24. The van der Waals surface area contributed by atoms with E-state index >= 15 is 0 Å². The number of benzene rings is 1. The average Bonchev–Trinajstić information content (AvgIpc) is 3.08. The lowest BCUT2D eigenvalue weighted by Gasteiger charge is -2.05. The minimum Gasteiger partial charge on any atom is -0.360 e. The molecule has 0 aliphatic rings. The lowest BCUT2D eigenvalue weighted by atomic mass is 10.1. The van der Waals surface area contributed by atoms with E-state index in [0.717, 1.165) is 34.4 Å². The maximum absolute atomic E-state index is 4.37. The van der Waals surface area contributed by atoms with Crippen LogP contribution < -0.4 is 0 Å². The first-order chi connectivity index (χ1) is 9.85. The molecule has 0 aliphatic carbocycles. The minimum atomic E-state index is 0.839. The molecule has 4 nitrogen and oxygen atoms in total. The summed E-state index contributed by atoms with van der Waals surface area (Å²) >= 11 is 1.66. The molecule has 0 aliphatic heterocycles. The third-order valence-electron chi connectivity index (χ3n) is 3.19. The number of fused-ring (bicyclic) bond motifs is 1. The zero-order valence-electron chi connectivity index (χ0n) is 11.3. The Bertz CT molecular complexity index is 741. The fourth-order valence-electron chi connectivity index (χ4n) is 2.27. The molecule has 3 aromatic rings. The number of hydrogen-bond acceptors (Lipinski definition) is 3. The van der Waals surface area contributed by atoms with Gasteiger partial charge in [0, 0.05) is 35.0 Å². The lowest BCUT2D eigenvalue weighted by molar-refractivity contribution is 0.688. The van der Waals surface area contributed by atoms with Crippen molar-refractivity contribution in [3.63, 3.8) is 0 Å². The molecule has 0 spiro atoms. The molecule has 0 bridgehead atoms. The standard InChI is InChI=1S/C15H16N4S/c1-3-9-20-15-18-17-14(19(15)4-2)12-10-16-13-8-6-5-7-11(12)13/h3,5-8,10,16H,1,4,9H2,2H3. The zero-order chi connectivity index (χ0) is 13.9. The molecule has 0 radical (unpaired) electrons. The van der Waals surface area contributed by atoms with Gasteiger partial charge in [0.1, 0.15) is 0 Å². The summed E-state index contributed by atoms with van der Waals surface area (Å²) in [7, 11) is 0. The molecule has 0 saturated heterocycles. The molecular weight excluding hydrogens is 268 g/mol. The zero-order valence-corrected chi connectivity index (χ0v) is 12.2. The van der Waals surface area contributed by atoms with Gasteiger partial charge in [-0.15, -0.1) is 16.8 Å². The summed E-state index contributed by atoms with van der Waals surface area (Å²) in [4.78, 5) is 3.29. The molecule has 102 valence electrons. The Labute approximate surface area is 121 Å². The van der Waals surface area contributed by atoms with Crippen molar-refractivity contribution in [3.05, 3.63) is 43.1 Å². The second-order valence-electron chi connectivity index (χ2n) is 4.40. The van der Waals surface area contributed by atoms with Crippen LogP contribution >= 0.6 is 11.8 Å². The Morgan fingerprint density at radius 3 is 3.00 bits per heavy atom. The molecule has 3 rings (SSSR count). The second kappa shape index (κ2) is 5.54. The van der Waals surface area contributed by atoms with Crippen molar-refractivity contribution in [2.24, 2.45) is 0 Å². The van der Waals surface area contributed by atoms with Crippen LogP contribution in [0, 0.1) is 0 Å². The summed E-state index contributed by atoms with van der Waals surface area (Å²) in [6.07, 6.45) is 3.88. The van der Waals surface area contributed by atoms with Crippen LogP contribution in [-0.2, 0) is 6.54 Å². The molecule has 0 fully saturated rings.